The van der Waals surface area contributed by atoms with E-state index >= 15 is 0 Å². The lowest BCUT2D eigenvalue weighted by atomic mass is 10.2. The van der Waals surface area contributed by atoms with Crippen LogP contribution in [0.3, 0.4) is 0 Å². The highest BCUT2D eigenvalue weighted by molar-refractivity contribution is 5.85. The predicted octanol–water partition coefficient (Wildman–Crippen LogP) is 1.46. The van der Waals surface area contributed by atoms with Crippen LogP contribution in [0.5, 0.6) is 0 Å². The summed E-state index contributed by atoms with van der Waals surface area (Å²) in [5.74, 6) is 1.69. The van der Waals surface area contributed by atoms with Crippen molar-refractivity contribution in [3.05, 3.63) is 51.8 Å². The van der Waals surface area contributed by atoms with Crippen molar-refractivity contribution in [2.24, 2.45) is 19.1 Å². The van der Waals surface area contributed by atoms with E-state index in [1.54, 1.807) is 36.3 Å². The lowest BCUT2D eigenvalue weighted by molar-refractivity contribution is 0.704. The molecule has 1 aliphatic heterocycles. The van der Waals surface area contributed by atoms with Gasteiger partial charge in [-0.05, 0) is 26.7 Å². The first-order chi connectivity index (χ1) is 16.8. The molecule has 180 valence electrons. The molecule has 1 aliphatic rings. The minimum Gasteiger partial charge on any atom is -0.338 e. The van der Waals surface area contributed by atoms with Gasteiger partial charge in [0.25, 0.3) is 5.56 Å². The molecule has 12 nitrogen and oxygen atoms in total. The summed E-state index contributed by atoms with van der Waals surface area (Å²) in [6.45, 7) is 5.31. The third kappa shape index (κ3) is 4.11. The highest BCUT2D eigenvalue weighted by atomic mass is 16.2. The van der Waals surface area contributed by atoms with Gasteiger partial charge in [0, 0.05) is 57.1 Å². The fourth-order valence-electron chi connectivity index (χ4n) is 4.36. The van der Waals surface area contributed by atoms with Crippen LogP contribution in [0.15, 0.2) is 45.6 Å². The van der Waals surface area contributed by atoms with Gasteiger partial charge < -0.3 is 9.47 Å². The first kappa shape index (κ1) is 22.6. The average molecular weight is 475 g/mol. The van der Waals surface area contributed by atoms with Gasteiger partial charge >= 0.3 is 5.69 Å². The van der Waals surface area contributed by atoms with Crippen LogP contribution in [0, 0.1) is 0 Å². The summed E-state index contributed by atoms with van der Waals surface area (Å²) < 4.78 is 4.11. The van der Waals surface area contributed by atoms with Crippen LogP contribution in [0.2, 0.25) is 0 Å². The number of hydrogen-bond donors (Lipinski definition) is 0. The molecule has 0 aliphatic carbocycles. The molecule has 1 fully saturated rings. The molecule has 5 rings (SSSR count). The molecule has 0 bridgehead atoms. The molecule has 0 spiro atoms. The number of hydrogen-bond acceptors (Lipinski definition) is 9. The molecule has 0 radical (unpaired) electrons. The zero-order chi connectivity index (χ0) is 24.7. The zero-order valence-corrected chi connectivity index (χ0v) is 20.1. The Morgan fingerprint density at radius 1 is 1.11 bits per heavy atom. The second kappa shape index (κ2) is 8.85. The van der Waals surface area contributed by atoms with Gasteiger partial charge in [-0.25, -0.2) is 34.7 Å². The summed E-state index contributed by atoms with van der Waals surface area (Å²) >= 11 is 0. The van der Waals surface area contributed by atoms with Gasteiger partial charge in [-0.1, -0.05) is 0 Å². The maximum absolute atomic E-state index is 12.7. The van der Waals surface area contributed by atoms with E-state index in [0.29, 0.717) is 46.7 Å². The van der Waals surface area contributed by atoms with E-state index in [-0.39, 0.29) is 0 Å². The minimum absolute atomic E-state index is 0.315. The van der Waals surface area contributed by atoms with E-state index in [4.69, 9.17) is 0 Å². The summed E-state index contributed by atoms with van der Waals surface area (Å²) in [6.07, 6.45) is 8.95. The smallest absolute Gasteiger partial charge is 0.332 e. The largest absolute Gasteiger partial charge is 0.338 e. The van der Waals surface area contributed by atoms with Crippen LogP contribution in [-0.4, -0.2) is 56.9 Å². The van der Waals surface area contributed by atoms with E-state index in [1.165, 1.54) is 17.9 Å². The Bertz CT molecular complexity index is 1550. The number of aromatic nitrogens is 8. The van der Waals surface area contributed by atoms with E-state index in [2.05, 4.69) is 41.7 Å². The Kier molecular flexibility index (Phi) is 5.71. The van der Waals surface area contributed by atoms with Crippen LogP contribution in [0.4, 0.5) is 11.8 Å². The molecule has 5 heterocycles. The van der Waals surface area contributed by atoms with Crippen molar-refractivity contribution in [3.8, 4) is 11.4 Å². The lowest BCUT2D eigenvalue weighted by Gasteiger charge is -2.20. The van der Waals surface area contributed by atoms with E-state index in [1.807, 2.05) is 6.92 Å². The molecular formula is C23H26N10O2. The first-order valence-corrected chi connectivity index (χ1v) is 11.4. The van der Waals surface area contributed by atoms with Gasteiger partial charge in [-0.3, -0.25) is 13.9 Å². The van der Waals surface area contributed by atoms with Crippen LogP contribution in [-0.2, 0) is 20.6 Å². The minimum atomic E-state index is -0.418. The first-order valence-electron chi connectivity index (χ1n) is 11.4. The van der Waals surface area contributed by atoms with E-state index in [0.717, 1.165) is 29.9 Å². The van der Waals surface area contributed by atoms with E-state index in [9.17, 15) is 9.59 Å². The van der Waals surface area contributed by atoms with Crippen molar-refractivity contribution >= 4 is 28.6 Å². The zero-order valence-electron chi connectivity index (χ0n) is 20.1. The van der Waals surface area contributed by atoms with Crippen molar-refractivity contribution in [1.82, 2.24) is 38.6 Å². The van der Waals surface area contributed by atoms with Crippen LogP contribution in [0.1, 0.15) is 26.7 Å². The van der Waals surface area contributed by atoms with Gasteiger partial charge in [-0.2, -0.15) is 0 Å². The molecule has 1 saturated heterocycles. The Balaban J connectivity index is 1.39. The highest BCUT2D eigenvalue weighted by Gasteiger charge is 2.22. The Hall–Kier alpha value is -4.22. The van der Waals surface area contributed by atoms with Crippen molar-refractivity contribution in [2.45, 2.75) is 39.3 Å². The monoisotopic (exact) mass is 474 g/mol. The second-order valence-electron chi connectivity index (χ2n) is 8.79. The molecule has 1 unspecified atom stereocenters. The topological polar surface area (TPSA) is 129 Å². The predicted molar refractivity (Wildman–Crippen MR) is 132 cm³/mol. The molecule has 4 aromatic heterocycles. The van der Waals surface area contributed by atoms with Crippen molar-refractivity contribution in [2.75, 3.05) is 11.4 Å². The number of nitrogens with zero attached hydrogens (tertiary/aromatic N) is 10. The molecule has 4 aromatic rings. The highest BCUT2D eigenvalue weighted by Crippen LogP contribution is 2.23. The molecular weight excluding hydrogens is 448 g/mol. The maximum atomic E-state index is 12.7. The van der Waals surface area contributed by atoms with Crippen LogP contribution >= 0.6 is 0 Å². The molecule has 0 aromatic carbocycles. The summed E-state index contributed by atoms with van der Waals surface area (Å²) in [4.78, 5) is 53.8. The fourth-order valence-corrected chi connectivity index (χ4v) is 4.36. The van der Waals surface area contributed by atoms with Gasteiger partial charge in [-0.15, -0.1) is 0 Å². The van der Waals surface area contributed by atoms with Gasteiger partial charge in [0.2, 0.25) is 5.95 Å². The second-order valence-corrected chi connectivity index (χ2v) is 8.79. The molecule has 0 amide bonds. The molecule has 0 N–H and O–H groups in total. The SMILES string of the molecule is CC(Cn1cnc2c1c(=O)n(C)c(=O)n2C)=Nc1ccnc(-c2cnc(N3CCCC3C)nc2)n1. The third-order valence-electron chi connectivity index (χ3n) is 6.27. The summed E-state index contributed by atoms with van der Waals surface area (Å²) in [5.41, 5.74) is 1.28. The fraction of sp³-hybridized carbons (Fsp3) is 0.391. The van der Waals surface area contributed by atoms with Gasteiger partial charge in [0.1, 0.15) is 0 Å². The number of aryl methyl sites for hydroxylation is 1. The van der Waals surface area contributed by atoms with Gasteiger partial charge in [0.15, 0.2) is 22.8 Å². The van der Waals surface area contributed by atoms with E-state index < -0.39 is 11.2 Å². The number of rotatable bonds is 5. The number of imidazole rings is 1. The Morgan fingerprint density at radius 2 is 1.89 bits per heavy atom. The normalized spacial score (nSPS) is 16.4. The van der Waals surface area contributed by atoms with Crippen molar-refractivity contribution in [1.29, 1.82) is 0 Å². The standard InChI is InChI=1S/C23H26N10O2/c1-14(12-32-13-27-20-18(32)21(34)31(4)23(35)30(20)3)28-17-7-8-24-19(29-17)16-10-25-22(26-11-16)33-9-5-6-15(33)2/h7-8,10-11,13,15H,5-6,9,12H2,1-4H3. The quantitative estimate of drug-likeness (QED) is 0.398. The third-order valence-corrected chi connectivity index (χ3v) is 6.27. The molecule has 1 atom stereocenters. The number of anilines is 1. The number of fused-ring (bicyclic) bond motifs is 1. The Morgan fingerprint density at radius 3 is 2.60 bits per heavy atom. The number of aliphatic imine (C=N–C) groups is 1. The average Bonchev–Trinajstić information content (AvgIpc) is 3.48. The maximum Gasteiger partial charge on any atom is 0.332 e. The van der Waals surface area contributed by atoms with Crippen LogP contribution in [0.25, 0.3) is 22.6 Å². The Labute approximate surface area is 200 Å². The van der Waals surface area contributed by atoms with Crippen LogP contribution < -0.4 is 16.1 Å². The molecule has 35 heavy (non-hydrogen) atoms. The summed E-state index contributed by atoms with van der Waals surface area (Å²) in [6, 6.07) is 2.15. The lowest BCUT2D eigenvalue weighted by Crippen LogP contribution is -2.37. The van der Waals surface area contributed by atoms with Crippen molar-refractivity contribution in [3.63, 3.8) is 0 Å². The summed E-state index contributed by atoms with van der Waals surface area (Å²) in [7, 11) is 3.04. The molecule has 0 saturated carbocycles. The summed E-state index contributed by atoms with van der Waals surface area (Å²) in [5, 5.41) is 0. The molecule has 12 heteroatoms. The van der Waals surface area contributed by atoms with Gasteiger partial charge in [0.05, 0.1) is 18.4 Å². The van der Waals surface area contributed by atoms with Crippen molar-refractivity contribution < 1.29 is 0 Å².